The molecule has 0 saturated carbocycles. The Bertz CT molecular complexity index is 428. The zero-order valence-electron chi connectivity index (χ0n) is 11.1. The van der Waals surface area contributed by atoms with Crippen molar-refractivity contribution in [2.75, 3.05) is 18.1 Å². The minimum atomic E-state index is -0.230. The molecule has 0 spiro atoms. The predicted molar refractivity (Wildman–Crippen MR) is 68.5 cm³/mol. The Morgan fingerprint density at radius 3 is 2.72 bits per heavy atom. The fourth-order valence-electron chi connectivity index (χ4n) is 2.33. The van der Waals surface area contributed by atoms with Gasteiger partial charge in [-0.15, -0.1) is 0 Å². The summed E-state index contributed by atoms with van der Waals surface area (Å²) in [6.07, 6.45) is 1.79. The van der Waals surface area contributed by atoms with Crippen LogP contribution in [0.15, 0.2) is 6.07 Å². The fourth-order valence-corrected chi connectivity index (χ4v) is 2.33. The number of carbonyl (C=O) groups is 1. The summed E-state index contributed by atoms with van der Waals surface area (Å²) in [5, 5.41) is 0. The number of aromatic nitrogens is 2. The smallest absolute Gasteiger partial charge is 0.328 e. The van der Waals surface area contributed by atoms with Crippen LogP contribution in [-0.4, -0.2) is 35.1 Å². The van der Waals surface area contributed by atoms with Crippen molar-refractivity contribution in [3.63, 3.8) is 0 Å². The van der Waals surface area contributed by atoms with E-state index in [0.717, 1.165) is 30.8 Å². The van der Waals surface area contributed by atoms with Gasteiger partial charge >= 0.3 is 5.97 Å². The van der Waals surface area contributed by atoms with Gasteiger partial charge < -0.3 is 9.64 Å². The number of nitrogens with zero attached hydrogens (tertiary/aromatic N) is 3. The molecule has 0 aromatic carbocycles. The minimum Gasteiger partial charge on any atom is -0.464 e. The van der Waals surface area contributed by atoms with E-state index in [0.29, 0.717) is 12.6 Å². The van der Waals surface area contributed by atoms with Gasteiger partial charge in [-0.05, 0) is 39.7 Å². The lowest BCUT2D eigenvalue weighted by atomic mass is 10.2. The molecular formula is C13H19N3O2. The summed E-state index contributed by atoms with van der Waals surface area (Å²) in [5.41, 5.74) is 1.85. The first-order valence-corrected chi connectivity index (χ1v) is 6.37. The standard InChI is InChI=1S/C13H19N3O2/c1-4-18-12(17)11-6-5-7-16(11)13-14-9(2)8-10(3)15-13/h8,11H,4-7H2,1-3H3. The fraction of sp³-hybridized carbons (Fsp3) is 0.615. The van der Waals surface area contributed by atoms with Crippen LogP contribution in [0.25, 0.3) is 0 Å². The van der Waals surface area contributed by atoms with E-state index in [1.165, 1.54) is 0 Å². The topological polar surface area (TPSA) is 55.3 Å². The van der Waals surface area contributed by atoms with Crippen molar-refractivity contribution in [3.8, 4) is 0 Å². The molecule has 2 heterocycles. The lowest BCUT2D eigenvalue weighted by Crippen LogP contribution is -2.38. The van der Waals surface area contributed by atoms with Gasteiger partial charge in [0.2, 0.25) is 5.95 Å². The zero-order valence-corrected chi connectivity index (χ0v) is 11.1. The van der Waals surface area contributed by atoms with Gasteiger partial charge in [-0.1, -0.05) is 0 Å². The molecular weight excluding hydrogens is 230 g/mol. The maximum absolute atomic E-state index is 11.9. The molecule has 1 aromatic heterocycles. The Kier molecular flexibility index (Phi) is 3.79. The Morgan fingerprint density at radius 1 is 1.44 bits per heavy atom. The van der Waals surface area contributed by atoms with Crippen molar-refractivity contribution in [2.24, 2.45) is 0 Å². The summed E-state index contributed by atoms with van der Waals surface area (Å²) < 4.78 is 5.10. The summed E-state index contributed by atoms with van der Waals surface area (Å²) in [7, 11) is 0. The van der Waals surface area contributed by atoms with E-state index < -0.39 is 0 Å². The van der Waals surface area contributed by atoms with Crippen LogP contribution in [-0.2, 0) is 9.53 Å². The van der Waals surface area contributed by atoms with Crippen LogP contribution < -0.4 is 4.90 Å². The molecule has 1 unspecified atom stereocenters. The maximum atomic E-state index is 11.9. The summed E-state index contributed by atoms with van der Waals surface area (Å²) in [5.74, 6) is 0.473. The second-order valence-electron chi connectivity index (χ2n) is 4.55. The molecule has 1 aromatic rings. The molecule has 1 fully saturated rings. The Morgan fingerprint density at radius 2 is 2.11 bits per heavy atom. The van der Waals surface area contributed by atoms with E-state index in [1.54, 1.807) is 0 Å². The summed E-state index contributed by atoms with van der Waals surface area (Å²) in [4.78, 5) is 22.7. The van der Waals surface area contributed by atoms with Crippen LogP contribution >= 0.6 is 0 Å². The van der Waals surface area contributed by atoms with Gasteiger partial charge in [0.1, 0.15) is 6.04 Å². The van der Waals surface area contributed by atoms with E-state index in [9.17, 15) is 4.79 Å². The molecule has 1 atom stereocenters. The second kappa shape index (κ2) is 5.33. The first-order chi connectivity index (χ1) is 8.61. The van der Waals surface area contributed by atoms with Crippen molar-refractivity contribution in [1.29, 1.82) is 0 Å². The first kappa shape index (κ1) is 12.8. The van der Waals surface area contributed by atoms with Gasteiger partial charge in [-0.2, -0.15) is 0 Å². The van der Waals surface area contributed by atoms with Crippen LogP contribution in [0.5, 0.6) is 0 Å². The quantitative estimate of drug-likeness (QED) is 0.762. The number of anilines is 1. The van der Waals surface area contributed by atoms with E-state index in [2.05, 4.69) is 9.97 Å². The van der Waals surface area contributed by atoms with Gasteiger partial charge in [-0.25, -0.2) is 14.8 Å². The number of rotatable bonds is 3. The van der Waals surface area contributed by atoms with E-state index in [4.69, 9.17) is 4.74 Å². The van der Waals surface area contributed by atoms with Gasteiger partial charge in [0, 0.05) is 17.9 Å². The number of aryl methyl sites for hydroxylation is 2. The highest BCUT2D eigenvalue weighted by molar-refractivity contribution is 5.80. The number of hydrogen-bond donors (Lipinski definition) is 0. The van der Waals surface area contributed by atoms with E-state index >= 15 is 0 Å². The molecule has 0 N–H and O–H groups in total. The molecule has 0 bridgehead atoms. The van der Waals surface area contributed by atoms with Gasteiger partial charge in [0.25, 0.3) is 0 Å². The lowest BCUT2D eigenvalue weighted by molar-refractivity contribution is -0.144. The Hall–Kier alpha value is -1.65. The Balaban J connectivity index is 2.23. The molecule has 2 rings (SSSR count). The number of ether oxygens (including phenoxy) is 1. The summed E-state index contributed by atoms with van der Waals surface area (Å²) in [6.45, 7) is 6.93. The van der Waals surface area contributed by atoms with Crippen molar-refractivity contribution >= 4 is 11.9 Å². The molecule has 0 amide bonds. The average Bonchev–Trinajstić information content (AvgIpc) is 2.76. The van der Waals surface area contributed by atoms with Crippen molar-refractivity contribution in [2.45, 2.75) is 39.7 Å². The monoisotopic (exact) mass is 249 g/mol. The third-order valence-electron chi connectivity index (χ3n) is 3.04. The molecule has 0 aliphatic carbocycles. The van der Waals surface area contributed by atoms with Crippen molar-refractivity contribution in [3.05, 3.63) is 17.5 Å². The molecule has 1 aliphatic heterocycles. The highest BCUT2D eigenvalue weighted by Gasteiger charge is 2.33. The molecule has 18 heavy (non-hydrogen) atoms. The van der Waals surface area contributed by atoms with Crippen LogP contribution in [0.1, 0.15) is 31.2 Å². The van der Waals surface area contributed by atoms with Crippen LogP contribution in [0.2, 0.25) is 0 Å². The highest BCUT2D eigenvalue weighted by Crippen LogP contribution is 2.23. The molecule has 5 nitrogen and oxygen atoms in total. The van der Waals surface area contributed by atoms with Gasteiger partial charge in [-0.3, -0.25) is 0 Å². The normalized spacial score (nSPS) is 19.1. The molecule has 98 valence electrons. The summed E-state index contributed by atoms with van der Waals surface area (Å²) in [6, 6.07) is 1.70. The third kappa shape index (κ3) is 2.60. The van der Waals surface area contributed by atoms with Crippen LogP contribution in [0.3, 0.4) is 0 Å². The number of esters is 1. The van der Waals surface area contributed by atoms with Gasteiger partial charge in [0.15, 0.2) is 0 Å². The molecule has 1 aliphatic rings. The largest absolute Gasteiger partial charge is 0.464 e. The van der Waals surface area contributed by atoms with Gasteiger partial charge in [0.05, 0.1) is 6.61 Å². The SMILES string of the molecule is CCOC(=O)C1CCCN1c1nc(C)cc(C)n1. The zero-order chi connectivity index (χ0) is 13.1. The predicted octanol–water partition coefficient (Wildman–Crippen LogP) is 1.63. The van der Waals surface area contributed by atoms with Crippen LogP contribution in [0.4, 0.5) is 5.95 Å². The Labute approximate surface area is 107 Å². The third-order valence-corrected chi connectivity index (χ3v) is 3.04. The van der Waals surface area contributed by atoms with Crippen molar-refractivity contribution in [1.82, 2.24) is 9.97 Å². The summed E-state index contributed by atoms with van der Waals surface area (Å²) >= 11 is 0. The average molecular weight is 249 g/mol. The first-order valence-electron chi connectivity index (χ1n) is 6.37. The molecule has 1 saturated heterocycles. The van der Waals surface area contributed by atoms with E-state index in [1.807, 2.05) is 31.7 Å². The molecule has 0 radical (unpaired) electrons. The lowest BCUT2D eigenvalue weighted by Gasteiger charge is -2.23. The van der Waals surface area contributed by atoms with E-state index in [-0.39, 0.29) is 12.0 Å². The van der Waals surface area contributed by atoms with Crippen LogP contribution in [0, 0.1) is 13.8 Å². The molecule has 5 heteroatoms. The number of carbonyl (C=O) groups excluding carboxylic acids is 1. The second-order valence-corrected chi connectivity index (χ2v) is 4.55. The number of hydrogen-bond acceptors (Lipinski definition) is 5. The van der Waals surface area contributed by atoms with Crippen molar-refractivity contribution < 1.29 is 9.53 Å². The highest BCUT2D eigenvalue weighted by atomic mass is 16.5. The minimum absolute atomic E-state index is 0.169. The maximum Gasteiger partial charge on any atom is 0.328 e.